The fraction of sp³-hybridized carbons (Fsp3) is 0.917. The molecule has 2 unspecified atom stereocenters. The van der Waals surface area contributed by atoms with E-state index in [1.807, 2.05) is 18.9 Å². The molecule has 1 aliphatic heterocycles. The zero-order valence-corrected chi connectivity index (χ0v) is 10.8. The number of rotatable bonds is 5. The average molecular weight is 227 g/mol. The van der Waals surface area contributed by atoms with Crippen molar-refractivity contribution < 1.29 is 4.79 Å². The second-order valence-electron chi connectivity index (χ2n) is 4.98. The minimum absolute atomic E-state index is 0.00383. The van der Waals surface area contributed by atoms with Gasteiger partial charge in [-0.2, -0.15) is 0 Å². The maximum absolute atomic E-state index is 12.0. The van der Waals surface area contributed by atoms with Crippen LogP contribution in [0.1, 0.15) is 19.8 Å². The fourth-order valence-corrected chi connectivity index (χ4v) is 2.41. The van der Waals surface area contributed by atoms with E-state index in [0.717, 1.165) is 26.1 Å². The zero-order valence-electron chi connectivity index (χ0n) is 10.8. The van der Waals surface area contributed by atoms with Crippen molar-refractivity contribution in [1.29, 1.82) is 0 Å². The fourth-order valence-electron chi connectivity index (χ4n) is 2.41. The number of nitrogens with two attached hydrogens (primary N) is 1. The molecule has 4 heteroatoms. The molecule has 0 radical (unpaired) electrons. The van der Waals surface area contributed by atoms with Gasteiger partial charge in [-0.15, -0.1) is 0 Å². The lowest BCUT2D eigenvalue weighted by Crippen LogP contribution is -2.39. The monoisotopic (exact) mass is 227 g/mol. The number of hydrogen-bond acceptors (Lipinski definition) is 3. The first kappa shape index (κ1) is 13.5. The number of amides is 1. The highest BCUT2D eigenvalue weighted by Crippen LogP contribution is 2.16. The Labute approximate surface area is 98.8 Å². The molecule has 0 aromatic rings. The Bertz CT molecular complexity index is 228. The van der Waals surface area contributed by atoms with Crippen molar-refractivity contribution in [3.63, 3.8) is 0 Å². The Balaban J connectivity index is 2.39. The first-order chi connectivity index (χ1) is 7.58. The molecule has 16 heavy (non-hydrogen) atoms. The van der Waals surface area contributed by atoms with Crippen molar-refractivity contribution in [2.24, 2.45) is 17.6 Å². The van der Waals surface area contributed by atoms with E-state index in [4.69, 9.17) is 5.73 Å². The van der Waals surface area contributed by atoms with Gasteiger partial charge in [0.15, 0.2) is 0 Å². The van der Waals surface area contributed by atoms with Crippen molar-refractivity contribution in [1.82, 2.24) is 9.80 Å². The van der Waals surface area contributed by atoms with Gasteiger partial charge in [-0.25, -0.2) is 0 Å². The summed E-state index contributed by atoms with van der Waals surface area (Å²) in [7, 11) is 4.04. The number of nitrogens with zero attached hydrogens (tertiary/aromatic N) is 2. The maximum atomic E-state index is 12.0. The van der Waals surface area contributed by atoms with Gasteiger partial charge >= 0.3 is 0 Å². The Morgan fingerprint density at radius 3 is 2.75 bits per heavy atom. The maximum Gasteiger partial charge on any atom is 0.226 e. The van der Waals surface area contributed by atoms with E-state index in [2.05, 4.69) is 11.9 Å². The molecule has 1 fully saturated rings. The SMILES string of the molecule is CCC(CN)C(=O)N(C)CC1CCN(C)C1. The molecular weight excluding hydrogens is 202 g/mol. The third-order valence-corrected chi connectivity index (χ3v) is 3.52. The Kier molecular flexibility index (Phi) is 5.22. The predicted molar refractivity (Wildman–Crippen MR) is 66.1 cm³/mol. The lowest BCUT2D eigenvalue weighted by molar-refractivity contribution is -0.134. The zero-order chi connectivity index (χ0) is 12.1. The van der Waals surface area contributed by atoms with Crippen LogP contribution in [0.15, 0.2) is 0 Å². The molecule has 1 saturated heterocycles. The second-order valence-corrected chi connectivity index (χ2v) is 4.98. The first-order valence-corrected chi connectivity index (χ1v) is 6.22. The van der Waals surface area contributed by atoms with Gasteiger partial charge in [-0.3, -0.25) is 4.79 Å². The summed E-state index contributed by atoms with van der Waals surface area (Å²) in [4.78, 5) is 16.2. The molecule has 1 rings (SSSR count). The van der Waals surface area contributed by atoms with E-state index in [1.54, 1.807) is 0 Å². The minimum atomic E-state index is 0.00383. The summed E-state index contributed by atoms with van der Waals surface area (Å²) in [5.74, 6) is 0.845. The second kappa shape index (κ2) is 6.21. The van der Waals surface area contributed by atoms with Crippen molar-refractivity contribution in [3.8, 4) is 0 Å². The molecule has 0 saturated carbocycles. The highest BCUT2D eigenvalue weighted by molar-refractivity contribution is 5.78. The van der Waals surface area contributed by atoms with Crippen LogP contribution in [0.25, 0.3) is 0 Å². The summed E-state index contributed by atoms with van der Waals surface area (Å²) >= 11 is 0. The van der Waals surface area contributed by atoms with Crippen molar-refractivity contribution in [2.75, 3.05) is 40.3 Å². The van der Waals surface area contributed by atoms with E-state index >= 15 is 0 Å². The standard InChI is InChI=1S/C12H25N3O/c1-4-11(7-13)12(16)15(3)9-10-5-6-14(2)8-10/h10-11H,4-9,13H2,1-3H3. The summed E-state index contributed by atoms with van der Waals surface area (Å²) in [6.07, 6.45) is 2.04. The van der Waals surface area contributed by atoms with Gasteiger partial charge in [0.25, 0.3) is 0 Å². The predicted octanol–water partition coefficient (Wildman–Crippen LogP) is 0.381. The van der Waals surface area contributed by atoms with E-state index in [9.17, 15) is 4.79 Å². The van der Waals surface area contributed by atoms with E-state index in [-0.39, 0.29) is 11.8 Å². The summed E-state index contributed by atoms with van der Waals surface area (Å²) in [6.45, 7) is 5.62. The highest BCUT2D eigenvalue weighted by Gasteiger charge is 2.25. The van der Waals surface area contributed by atoms with Crippen LogP contribution in [0.2, 0.25) is 0 Å². The normalized spacial score (nSPS) is 23.4. The van der Waals surface area contributed by atoms with Gasteiger partial charge in [0.1, 0.15) is 0 Å². The summed E-state index contributed by atoms with van der Waals surface area (Å²) < 4.78 is 0. The minimum Gasteiger partial charge on any atom is -0.345 e. The smallest absolute Gasteiger partial charge is 0.226 e. The molecule has 1 heterocycles. The first-order valence-electron chi connectivity index (χ1n) is 6.22. The van der Waals surface area contributed by atoms with Gasteiger partial charge in [-0.1, -0.05) is 6.92 Å². The molecule has 94 valence electrons. The highest BCUT2D eigenvalue weighted by atomic mass is 16.2. The molecule has 0 spiro atoms. The Morgan fingerprint density at radius 1 is 1.62 bits per heavy atom. The molecule has 1 aliphatic rings. The van der Waals surface area contributed by atoms with Crippen molar-refractivity contribution >= 4 is 5.91 Å². The van der Waals surface area contributed by atoms with Crippen molar-refractivity contribution in [3.05, 3.63) is 0 Å². The quantitative estimate of drug-likeness (QED) is 0.739. The van der Waals surface area contributed by atoms with Gasteiger partial charge < -0.3 is 15.5 Å². The van der Waals surface area contributed by atoms with Crippen molar-refractivity contribution in [2.45, 2.75) is 19.8 Å². The van der Waals surface area contributed by atoms with Crippen LogP contribution in [-0.4, -0.2) is 56.0 Å². The van der Waals surface area contributed by atoms with Crippen LogP contribution in [0.4, 0.5) is 0 Å². The Morgan fingerprint density at radius 2 is 2.31 bits per heavy atom. The molecule has 2 atom stereocenters. The van der Waals surface area contributed by atoms with E-state index < -0.39 is 0 Å². The van der Waals surface area contributed by atoms with Crippen LogP contribution < -0.4 is 5.73 Å². The number of likely N-dealkylation sites (tertiary alicyclic amines) is 1. The number of carbonyl (C=O) groups excluding carboxylic acids is 1. The lowest BCUT2D eigenvalue weighted by atomic mass is 10.0. The molecule has 1 amide bonds. The van der Waals surface area contributed by atoms with Crippen LogP contribution in [0.3, 0.4) is 0 Å². The molecular formula is C12H25N3O. The largest absolute Gasteiger partial charge is 0.345 e. The summed E-state index contributed by atoms with van der Waals surface area (Å²) in [5, 5.41) is 0. The summed E-state index contributed by atoms with van der Waals surface area (Å²) in [6, 6.07) is 0. The van der Waals surface area contributed by atoms with Crippen LogP contribution >= 0.6 is 0 Å². The molecule has 0 aromatic carbocycles. The molecule has 2 N–H and O–H groups in total. The Hall–Kier alpha value is -0.610. The molecule has 0 aliphatic carbocycles. The average Bonchev–Trinajstić information content (AvgIpc) is 2.65. The molecule has 0 bridgehead atoms. The molecule has 0 aromatic heterocycles. The van der Waals surface area contributed by atoms with Gasteiger partial charge in [0.05, 0.1) is 5.92 Å². The third kappa shape index (κ3) is 3.46. The van der Waals surface area contributed by atoms with Gasteiger partial charge in [-0.05, 0) is 32.4 Å². The number of hydrogen-bond donors (Lipinski definition) is 1. The molecule has 4 nitrogen and oxygen atoms in total. The lowest BCUT2D eigenvalue weighted by Gasteiger charge is -2.24. The van der Waals surface area contributed by atoms with Crippen LogP contribution in [-0.2, 0) is 4.79 Å². The van der Waals surface area contributed by atoms with E-state index in [0.29, 0.717) is 12.5 Å². The van der Waals surface area contributed by atoms with Crippen LogP contribution in [0, 0.1) is 11.8 Å². The van der Waals surface area contributed by atoms with E-state index in [1.165, 1.54) is 6.42 Å². The summed E-state index contributed by atoms with van der Waals surface area (Å²) in [5.41, 5.74) is 5.60. The number of carbonyl (C=O) groups is 1. The van der Waals surface area contributed by atoms with Gasteiger partial charge in [0.2, 0.25) is 5.91 Å². The van der Waals surface area contributed by atoms with Gasteiger partial charge in [0, 0.05) is 26.7 Å². The third-order valence-electron chi connectivity index (χ3n) is 3.52. The van der Waals surface area contributed by atoms with Crippen LogP contribution in [0.5, 0.6) is 0 Å². The topological polar surface area (TPSA) is 49.6 Å².